The van der Waals surface area contributed by atoms with Gasteiger partial charge in [-0.15, -0.1) is 0 Å². The fourth-order valence-corrected chi connectivity index (χ4v) is 0.623. The lowest BCUT2D eigenvalue weighted by Crippen LogP contribution is -2.34. The number of rotatable bonds is 4. The van der Waals surface area contributed by atoms with Crippen LogP contribution in [0.25, 0.3) is 0 Å². The molecule has 0 aliphatic rings. The first-order valence-corrected chi connectivity index (χ1v) is 3.64. The van der Waals surface area contributed by atoms with Gasteiger partial charge in [-0.25, -0.2) is 0 Å². The average molecular weight is 157 g/mol. The predicted molar refractivity (Wildman–Crippen MR) is 44.3 cm³/mol. The van der Waals surface area contributed by atoms with Gasteiger partial charge in [0.25, 0.3) is 0 Å². The summed E-state index contributed by atoms with van der Waals surface area (Å²) < 4.78 is 4.52. The van der Waals surface area contributed by atoms with E-state index in [1.165, 1.54) is 7.11 Å². The molecule has 0 heterocycles. The molecule has 0 aliphatic carbocycles. The molecule has 0 unspecified atom stereocenters. The highest BCUT2D eigenvalue weighted by molar-refractivity contribution is 5.75. The SMILES string of the molecule is C/C=C/CN[C@@H](C)C(=O)OC. The highest BCUT2D eigenvalue weighted by Crippen LogP contribution is 1.84. The van der Waals surface area contributed by atoms with Crippen LogP contribution in [0.4, 0.5) is 0 Å². The molecule has 3 nitrogen and oxygen atoms in total. The minimum atomic E-state index is -0.227. The lowest BCUT2D eigenvalue weighted by molar-refractivity contribution is -0.142. The van der Waals surface area contributed by atoms with Crippen LogP contribution in [0.1, 0.15) is 13.8 Å². The number of ether oxygens (including phenoxy) is 1. The molecule has 3 heteroatoms. The first-order valence-electron chi connectivity index (χ1n) is 3.64. The summed E-state index contributed by atoms with van der Waals surface area (Å²) >= 11 is 0. The normalized spacial score (nSPS) is 13.4. The highest BCUT2D eigenvalue weighted by Gasteiger charge is 2.09. The molecule has 0 fully saturated rings. The molecule has 11 heavy (non-hydrogen) atoms. The van der Waals surface area contributed by atoms with Crippen molar-refractivity contribution in [2.75, 3.05) is 13.7 Å². The lowest BCUT2D eigenvalue weighted by Gasteiger charge is -2.08. The largest absolute Gasteiger partial charge is 0.468 e. The Morgan fingerprint density at radius 1 is 1.73 bits per heavy atom. The minimum Gasteiger partial charge on any atom is -0.468 e. The molecular formula is C8H15NO2. The maximum Gasteiger partial charge on any atom is 0.322 e. The van der Waals surface area contributed by atoms with Crippen molar-refractivity contribution in [3.05, 3.63) is 12.2 Å². The molecule has 0 amide bonds. The van der Waals surface area contributed by atoms with Crippen molar-refractivity contribution in [1.82, 2.24) is 5.32 Å². The summed E-state index contributed by atoms with van der Waals surface area (Å²) in [7, 11) is 1.39. The van der Waals surface area contributed by atoms with Gasteiger partial charge in [-0.2, -0.15) is 0 Å². The zero-order valence-electron chi connectivity index (χ0n) is 7.26. The van der Waals surface area contributed by atoms with E-state index in [2.05, 4.69) is 10.1 Å². The van der Waals surface area contributed by atoms with Crippen LogP contribution < -0.4 is 5.32 Å². The molecule has 1 atom stereocenters. The smallest absolute Gasteiger partial charge is 0.322 e. The molecule has 1 N–H and O–H groups in total. The number of carbonyl (C=O) groups excluding carboxylic acids is 1. The second kappa shape index (κ2) is 5.92. The van der Waals surface area contributed by atoms with Crippen LogP contribution in [0.15, 0.2) is 12.2 Å². The molecule has 0 bridgehead atoms. The van der Waals surface area contributed by atoms with E-state index in [0.717, 1.165) is 0 Å². The summed E-state index contributed by atoms with van der Waals surface area (Å²) in [5.74, 6) is -0.227. The number of esters is 1. The number of hydrogen-bond donors (Lipinski definition) is 1. The monoisotopic (exact) mass is 157 g/mol. The third kappa shape index (κ3) is 4.56. The zero-order chi connectivity index (χ0) is 8.69. The van der Waals surface area contributed by atoms with E-state index in [-0.39, 0.29) is 12.0 Å². The van der Waals surface area contributed by atoms with E-state index in [9.17, 15) is 4.79 Å². The number of hydrogen-bond acceptors (Lipinski definition) is 3. The zero-order valence-corrected chi connectivity index (χ0v) is 7.26. The number of allylic oxidation sites excluding steroid dienone is 1. The van der Waals surface area contributed by atoms with Crippen molar-refractivity contribution in [2.45, 2.75) is 19.9 Å². The van der Waals surface area contributed by atoms with Gasteiger partial charge in [0.1, 0.15) is 6.04 Å². The van der Waals surface area contributed by atoms with Gasteiger partial charge in [-0.05, 0) is 13.8 Å². The molecule has 0 aromatic carbocycles. The van der Waals surface area contributed by atoms with E-state index in [4.69, 9.17) is 0 Å². The molecule has 0 saturated carbocycles. The van der Waals surface area contributed by atoms with Gasteiger partial charge < -0.3 is 10.1 Å². The number of carbonyl (C=O) groups is 1. The molecule has 0 radical (unpaired) electrons. The van der Waals surface area contributed by atoms with Crippen LogP contribution in [0.2, 0.25) is 0 Å². The van der Waals surface area contributed by atoms with E-state index >= 15 is 0 Å². The first-order chi connectivity index (χ1) is 5.22. The highest BCUT2D eigenvalue weighted by atomic mass is 16.5. The first kappa shape index (κ1) is 10.2. The number of nitrogens with one attached hydrogen (secondary N) is 1. The van der Waals surface area contributed by atoms with Gasteiger partial charge in [0.05, 0.1) is 7.11 Å². The van der Waals surface area contributed by atoms with E-state index in [1.54, 1.807) is 6.92 Å². The maximum atomic E-state index is 10.8. The predicted octanol–water partition coefficient (Wildman–Crippen LogP) is 0.714. The summed E-state index contributed by atoms with van der Waals surface area (Å²) in [5.41, 5.74) is 0. The van der Waals surface area contributed by atoms with Gasteiger partial charge in [0, 0.05) is 6.54 Å². The lowest BCUT2D eigenvalue weighted by atomic mass is 10.3. The Bertz CT molecular complexity index is 143. The van der Waals surface area contributed by atoms with Gasteiger partial charge in [0.15, 0.2) is 0 Å². The van der Waals surface area contributed by atoms with Gasteiger partial charge in [-0.1, -0.05) is 12.2 Å². The third-order valence-electron chi connectivity index (χ3n) is 1.33. The van der Waals surface area contributed by atoms with Crippen molar-refractivity contribution < 1.29 is 9.53 Å². The van der Waals surface area contributed by atoms with Crippen molar-refractivity contribution in [1.29, 1.82) is 0 Å². The van der Waals surface area contributed by atoms with E-state index < -0.39 is 0 Å². The van der Waals surface area contributed by atoms with Crippen LogP contribution in [0.5, 0.6) is 0 Å². The Balaban J connectivity index is 3.51. The van der Waals surface area contributed by atoms with Crippen LogP contribution in [0.3, 0.4) is 0 Å². The standard InChI is InChI=1S/C8H15NO2/c1-4-5-6-9-7(2)8(10)11-3/h4-5,7,9H,6H2,1-3H3/b5-4+/t7-/m0/s1. The fourth-order valence-electron chi connectivity index (χ4n) is 0.623. The number of methoxy groups -OCH3 is 1. The average Bonchev–Trinajstić information content (AvgIpc) is 2.03. The summed E-state index contributed by atoms with van der Waals surface area (Å²) in [5, 5.41) is 2.97. The van der Waals surface area contributed by atoms with Crippen LogP contribution in [0, 0.1) is 0 Å². The van der Waals surface area contributed by atoms with Gasteiger partial charge in [0.2, 0.25) is 0 Å². The summed E-state index contributed by atoms with van der Waals surface area (Å²) in [6, 6.07) is -0.226. The summed E-state index contributed by atoms with van der Waals surface area (Å²) in [6.45, 7) is 4.41. The summed E-state index contributed by atoms with van der Waals surface area (Å²) in [6.07, 6.45) is 3.87. The molecule has 0 aliphatic heterocycles. The Hall–Kier alpha value is -0.830. The Morgan fingerprint density at radius 2 is 2.36 bits per heavy atom. The van der Waals surface area contributed by atoms with Crippen LogP contribution >= 0.6 is 0 Å². The quantitative estimate of drug-likeness (QED) is 0.482. The molecule has 0 spiro atoms. The molecule has 0 rings (SSSR count). The molecule has 64 valence electrons. The summed E-state index contributed by atoms with van der Waals surface area (Å²) in [4.78, 5) is 10.8. The second-order valence-corrected chi connectivity index (χ2v) is 2.22. The van der Waals surface area contributed by atoms with E-state index in [1.807, 2.05) is 19.1 Å². The van der Waals surface area contributed by atoms with E-state index in [0.29, 0.717) is 6.54 Å². The Morgan fingerprint density at radius 3 is 2.82 bits per heavy atom. The van der Waals surface area contributed by atoms with Crippen LogP contribution in [-0.2, 0) is 9.53 Å². The van der Waals surface area contributed by atoms with Crippen molar-refractivity contribution in [2.24, 2.45) is 0 Å². The second-order valence-electron chi connectivity index (χ2n) is 2.22. The van der Waals surface area contributed by atoms with Gasteiger partial charge >= 0.3 is 5.97 Å². The molecule has 0 aromatic rings. The molecule has 0 aromatic heterocycles. The molecule has 0 saturated heterocycles. The van der Waals surface area contributed by atoms with Crippen molar-refractivity contribution >= 4 is 5.97 Å². The third-order valence-corrected chi connectivity index (χ3v) is 1.33. The molecular weight excluding hydrogens is 142 g/mol. The topological polar surface area (TPSA) is 38.3 Å². The maximum absolute atomic E-state index is 10.8. The van der Waals surface area contributed by atoms with Crippen molar-refractivity contribution in [3.63, 3.8) is 0 Å². The van der Waals surface area contributed by atoms with Crippen LogP contribution in [-0.4, -0.2) is 25.7 Å². The minimum absolute atomic E-state index is 0.226. The fraction of sp³-hybridized carbons (Fsp3) is 0.625. The van der Waals surface area contributed by atoms with Gasteiger partial charge in [-0.3, -0.25) is 4.79 Å². The Kier molecular flexibility index (Phi) is 5.47. The van der Waals surface area contributed by atoms with Crippen molar-refractivity contribution in [3.8, 4) is 0 Å². The Labute approximate surface area is 67.4 Å².